The molecule has 74 valence electrons. The van der Waals surface area contributed by atoms with E-state index in [2.05, 4.69) is 28.2 Å². The molecular weight excluding hydrogens is 240 g/mol. The minimum atomic E-state index is 0.549. The lowest BCUT2D eigenvalue weighted by molar-refractivity contribution is 0.715. The van der Waals surface area contributed by atoms with Crippen LogP contribution in [-0.2, 0) is 0 Å². The van der Waals surface area contributed by atoms with Crippen molar-refractivity contribution in [1.29, 1.82) is 5.41 Å². The van der Waals surface area contributed by atoms with Crippen LogP contribution in [-0.4, -0.2) is 12.3 Å². The first-order valence-corrected chi connectivity index (χ1v) is 5.60. The predicted molar refractivity (Wildman–Crippen MR) is 62.7 cm³/mol. The third kappa shape index (κ3) is 1.69. The summed E-state index contributed by atoms with van der Waals surface area (Å²) in [5.41, 5.74) is 2.85. The monoisotopic (exact) mass is 252 g/mol. The lowest BCUT2D eigenvalue weighted by Crippen LogP contribution is -2.14. The standard InChI is InChI=1S/C11H13BrN2/c1-7-4-5-14-11(7)9-6-8(12)2-3-10(9)13/h2-3,6-7,13-14H,4-5H2,1H3/b11-9-,13-10?. The topological polar surface area (TPSA) is 35.9 Å². The Labute approximate surface area is 92.4 Å². The van der Waals surface area contributed by atoms with Gasteiger partial charge in [0, 0.05) is 22.3 Å². The highest BCUT2D eigenvalue weighted by atomic mass is 79.9. The number of rotatable bonds is 0. The Kier molecular flexibility index (Phi) is 2.59. The minimum absolute atomic E-state index is 0.549. The van der Waals surface area contributed by atoms with Crippen molar-refractivity contribution in [2.75, 3.05) is 6.54 Å². The molecule has 1 aliphatic carbocycles. The second-order valence-corrected chi connectivity index (χ2v) is 4.64. The molecule has 1 unspecified atom stereocenters. The summed E-state index contributed by atoms with van der Waals surface area (Å²) in [7, 11) is 0. The number of hydrogen-bond acceptors (Lipinski definition) is 2. The van der Waals surface area contributed by atoms with Crippen LogP contribution in [0.2, 0.25) is 0 Å². The molecule has 0 radical (unpaired) electrons. The Bertz CT molecular complexity index is 363. The SMILES string of the molecule is CC1CCN/C1=C1/C=C(Br)C=CC1=N. The van der Waals surface area contributed by atoms with Crippen LogP contribution in [0, 0.1) is 11.3 Å². The highest BCUT2D eigenvalue weighted by Gasteiger charge is 2.21. The second kappa shape index (κ2) is 3.73. The molecule has 14 heavy (non-hydrogen) atoms. The zero-order valence-corrected chi connectivity index (χ0v) is 9.69. The summed E-state index contributed by atoms with van der Waals surface area (Å²) in [4.78, 5) is 0. The quantitative estimate of drug-likeness (QED) is 0.684. The summed E-state index contributed by atoms with van der Waals surface area (Å²) in [6, 6.07) is 0. The van der Waals surface area contributed by atoms with Crippen molar-refractivity contribution in [3.05, 3.63) is 34.0 Å². The van der Waals surface area contributed by atoms with Crippen molar-refractivity contribution in [1.82, 2.24) is 5.32 Å². The van der Waals surface area contributed by atoms with Crippen LogP contribution in [0.5, 0.6) is 0 Å². The van der Waals surface area contributed by atoms with Gasteiger partial charge in [-0.15, -0.1) is 0 Å². The van der Waals surface area contributed by atoms with E-state index < -0.39 is 0 Å². The molecule has 1 saturated heterocycles. The fourth-order valence-corrected chi connectivity index (χ4v) is 2.20. The summed E-state index contributed by atoms with van der Waals surface area (Å²) in [5.74, 6) is 0.549. The maximum absolute atomic E-state index is 7.84. The van der Waals surface area contributed by atoms with Gasteiger partial charge in [-0.2, -0.15) is 0 Å². The van der Waals surface area contributed by atoms with E-state index in [1.54, 1.807) is 0 Å². The number of hydrogen-bond donors (Lipinski definition) is 2. The molecule has 2 nitrogen and oxygen atoms in total. The minimum Gasteiger partial charge on any atom is -0.388 e. The van der Waals surface area contributed by atoms with E-state index in [0.29, 0.717) is 11.6 Å². The van der Waals surface area contributed by atoms with Crippen LogP contribution in [0.1, 0.15) is 13.3 Å². The first-order chi connectivity index (χ1) is 6.68. The van der Waals surface area contributed by atoms with E-state index in [-0.39, 0.29) is 0 Å². The highest BCUT2D eigenvalue weighted by Crippen LogP contribution is 2.27. The maximum atomic E-state index is 7.84. The first-order valence-electron chi connectivity index (χ1n) is 4.80. The van der Waals surface area contributed by atoms with Crippen molar-refractivity contribution in [3.8, 4) is 0 Å². The molecule has 0 aromatic rings. The van der Waals surface area contributed by atoms with E-state index in [1.165, 1.54) is 12.1 Å². The Morgan fingerprint density at radius 1 is 1.50 bits per heavy atom. The van der Waals surface area contributed by atoms with E-state index in [4.69, 9.17) is 5.41 Å². The fourth-order valence-electron chi connectivity index (χ4n) is 1.84. The third-order valence-electron chi connectivity index (χ3n) is 2.66. The number of allylic oxidation sites excluding steroid dienone is 6. The van der Waals surface area contributed by atoms with Crippen LogP contribution in [0.15, 0.2) is 34.0 Å². The Morgan fingerprint density at radius 3 is 2.93 bits per heavy atom. The molecule has 1 aliphatic heterocycles. The molecule has 0 bridgehead atoms. The van der Waals surface area contributed by atoms with E-state index in [9.17, 15) is 0 Å². The van der Waals surface area contributed by atoms with Crippen molar-refractivity contribution in [3.63, 3.8) is 0 Å². The Balaban J connectivity index is 2.41. The van der Waals surface area contributed by atoms with Gasteiger partial charge in [0.1, 0.15) is 0 Å². The van der Waals surface area contributed by atoms with Crippen molar-refractivity contribution < 1.29 is 0 Å². The van der Waals surface area contributed by atoms with Gasteiger partial charge in [-0.05, 0) is 30.6 Å². The predicted octanol–water partition coefficient (Wildman–Crippen LogP) is 2.74. The summed E-state index contributed by atoms with van der Waals surface area (Å²) >= 11 is 3.44. The lowest BCUT2D eigenvalue weighted by atomic mass is 9.97. The zero-order valence-electron chi connectivity index (χ0n) is 8.10. The molecule has 1 atom stereocenters. The smallest absolute Gasteiger partial charge is 0.0630 e. The van der Waals surface area contributed by atoms with Gasteiger partial charge in [-0.25, -0.2) is 0 Å². The van der Waals surface area contributed by atoms with E-state index >= 15 is 0 Å². The van der Waals surface area contributed by atoms with E-state index in [0.717, 1.165) is 16.6 Å². The van der Waals surface area contributed by atoms with Crippen LogP contribution in [0.25, 0.3) is 0 Å². The van der Waals surface area contributed by atoms with Gasteiger partial charge in [0.05, 0.1) is 5.71 Å². The van der Waals surface area contributed by atoms with Crippen molar-refractivity contribution >= 4 is 21.6 Å². The van der Waals surface area contributed by atoms with Gasteiger partial charge < -0.3 is 10.7 Å². The average molecular weight is 253 g/mol. The Hall–Kier alpha value is -0.830. The molecule has 1 fully saturated rings. The average Bonchev–Trinajstić information content (AvgIpc) is 2.56. The van der Waals surface area contributed by atoms with Gasteiger partial charge in [-0.3, -0.25) is 0 Å². The Morgan fingerprint density at radius 2 is 2.29 bits per heavy atom. The molecule has 0 aromatic heterocycles. The molecule has 0 saturated carbocycles. The van der Waals surface area contributed by atoms with Crippen LogP contribution in [0.4, 0.5) is 0 Å². The molecular formula is C11H13BrN2. The number of halogens is 1. The summed E-state index contributed by atoms with van der Waals surface area (Å²) in [6.45, 7) is 3.23. The summed E-state index contributed by atoms with van der Waals surface area (Å²) < 4.78 is 1.04. The largest absolute Gasteiger partial charge is 0.388 e. The first kappa shape index (κ1) is 9.71. The second-order valence-electron chi connectivity index (χ2n) is 3.72. The van der Waals surface area contributed by atoms with Gasteiger partial charge >= 0.3 is 0 Å². The maximum Gasteiger partial charge on any atom is 0.0630 e. The van der Waals surface area contributed by atoms with Crippen LogP contribution in [0.3, 0.4) is 0 Å². The fraction of sp³-hybridized carbons (Fsp3) is 0.364. The lowest BCUT2D eigenvalue weighted by Gasteiger charge is -2.13. The normalized spacial score (nSPS) is 31.7. The van der Waals surface area contributed by atoms with Crippen LogP contribution < -0.4 is 5.32 Å². The molecule has 2 rings (SSSR count). The van der Waals surface area contributed by atoms with Crippen molar-refractivity contribution in [2.24, 2.45) is 5.92 Å². The van der Waals surface area contributed by atoms with Gasteiger partial charge in [0.2, 0.25) is 0 Å². The summed E-state index contributed by atoms with van der Waals surface area (Å²) in [6.07, 6.45) is 6.93. The third-order valence-corrected chi connectivity index (χ3v) is 3.15. The molecule has 3 heteroatoms. The van der Waals surface area contributed by atoms with Crippen molar-refractivity contribution in [2.45, 2.75) is 13.3 Å². The van der Waals surface area contributed by atoms with E-state index in [1.807, 2.05) is 18.2 Å². The molecule has 0 aromatic carbocycles. The zero-order chi connectivity index (χ0) is 10.1. The van der Waals surface area contributed by atoms with Crippen LogP contribution >= 0.6 is 15.9 Å². The molecule has 0 spiro atoms. The van der Waals surface area contributed by atoms with Gasteiger partial charge in [0.25, 0.3) is 0 Å². The highest BCUT2D eigenvalue weighted by molar-refractivity contribution is 9.11. The molecule has 1 heterocycles. The summed E-state index contributed by atoms with van der Waals surface area (Å²) in [5, 5.41) is 11.2. The van der Waals surface area contributed by atoms with Gasteiger partial charge in [0.15, 0.2) is 0 Å². The van der Waals surface area contributed by atoms with Gasteiger partial charge in [-0.1, -0.05) is 22.9 Å². The number of nitrogens with one attached hydrogen (secondary N) is 2. The molecule has 0 amide bonds. The molecule has 2 aliphatic rings. The molecule has 2 N–H and O–H groups in total.